The van der Waals surface area contributed by atoms with Crippen molar-refractivity contribution in [2.75, 3.05) is 76.3 Å². The SMILES string of the molecule is CC(C)(C)OC(=O)CN1C(=O)N(c2cccc(C(F)(F)F)c2)C2=C(C(=O)N(CCC[N+](C)(C)CCCN3CC4=C(C3=O)[C@@H](c3ccc(C#N)cc3)N(CC(=O)OC(C)(C)C)C(=O)N4c3cccc(C(F)(F)F)c3)C2)[C@H]1c1ccc(C#N)cc1.[I-]. The molecule has 4 aromatic rings. The molecule has 4 aliphatic rings. The second kappa shape index (κ2) is 24.3. The average Bonchev–Trinajstić information content (AvgIpc) is 1.63. The normalized spacial score (nSPS) is 17.8. The van der Waals surface area contributed by atoms with Crippen molar-refractivity contribution in [1.82, 2.24) is 19.6 Å². The Morgan fingerprint density at radius 1 is 0.571 bits per heavy atom. The number of alkyl halides is 6. The lowest BCUT2D eigenvalue weighted by atomic mass is 9.92. The maximum atomic E-state index is 14.9. The number of nitrogens with zero attached hydrogens (tertiary/aromatic N) is 9. The van der Waals surface area contributed by atoms with Crippen molar-refractivity contribution >= 4 is 47.2 Å². The van der Waals surface area contributed by atoms with Gasteiger partial charge in [-0.1, -0.05) is 36.4 Å². The summed E-state index contributed by atoms with van der Waals surface area (Å²) < 4.78 is 96.7. The zero-order valence-corrected chi connectivity index (χ0v) is 49.6. The number of urea groups is 2. The first kappa shape index (κ1) is 63.6. The van der Waals surface area contributed by atoms with Crippen LogP contribution >= 0.6 is 0 Å². The minimum atomic E-state index is -4.80. The summed E-state index contributed by atoms with van der Waals surface area (Å²) in [6, 6.07) is 20.1. The largest absolute Gasteiger partial charge is 1.00 e. The number of rotatable bonds is 16. The minimum Gasteiger partial charge on any atom is -1.00 e. The van der Waals surface area contributed by atoms with Crippen LogP contribution < -0.4 is 33.8 Å². The number of carbonyl (C=O) groups is 6. The summed E-state index contributed by atoms with van der Waals surface area (Å²) in [7, 11) is 3.86. The predicted octanol–water partition coefficient (Wildman–Crippen LogP) is 6.87. The molecule has 0 aromatic heterocycles. The lowest BCUT2D eigenvalue weighted by Gasteiger charge is -2.41. The summed E-state index contributed by atoms with van der Waals surface area (Å²) in [6.07, 6.45) is -8.86. The highest BCUT2D eigenvalue weighted by atomic mass is 127. The Balaban J connectivity index is 0.0000101. The van der Waals surface area contributed by atoms with Crippen molar-refractivity contribution in [1.29, 1.82) is 10.5 Å². The summed E-state index contributed by atoms with van der Waals surface area (Å²) in [4.78, 5) is 93.7. The average molecular weight is 1280 g/mol. The third-order valence-corrected chi connectivity index (χ3v) is 14.3. The Morgan fingerprint density at radius 2 is 0.917 bits per heavy atom. The van der Waals surface area contributed by atoms with Crippen LogP contribution in [0.25, 0.3) is 0 Å². The van der Waals surface area contributed by atoms with Crippen LogP contribution in [0.15, 0.2) is 120 Å². The zero-order chi connectivity index (χ0) is 60.7. The second-order valence-corrected chi connectivity index (χ2v) is 23.3. The first-order chi connectivity index (χ1) is 38.8. The smallest absolute Gasteiger partial charge is 0.416 e. The van der Waals surface area contributed by atoms with Gasteiger partial charge in [-0.3, -0.25) is 29.0 Å². The molecule has 8 rings (SSSR count). The molecule has 444 valence electrons. The third-order valence-electron chi connectivity index (χ3n) is 14.3. The summed E-state index contributed by atoms with van der Waals surface area (Å²) >= 11 is 0. The molecule has 0 radical (unpaired) electrons. The number of amides is 6. The molecule has 2 atom stereocenters. The van der Waals surface area contributed by atoms with Gasteiger partial charge in [0.15, 0.2) is 0 Å². The van der Waals surface area contributed by atoms with Gasteiger partial charge in [-0.15, -0.1) is 0 Å². The number of hydrogen-bond donors (Lipinski definition) is 0. The molecule has 4 aromatic carbocycles. The molecule has 4 aliphatic heterocycles. The Labute approximate surface area is 499 Å². The highest BCUT2D eigenvalue weighted by Crippen LogP contribution is 2.47. The molecule has 0 aliphatic carbocycles. The Kier molecular flexibility index (Phi) is 18.4. The number of anilines is 2. The van der Waals surface area contributed by atoms with Gasteiger partial charge >= 0.3 is 36.4 Å². The highest BCUT2D eigenvalue weighted by Gasteiger charge is 2.52. The molecule has 0 spiro atoms. The fourth-order valence-corrected chi connectivity index (χ4v) is 10.8. The maximum Gasteiger partial charge on any atom is 0.416 e. The van der Waals surface area contributed by atoms with Gasteiger partial charge in [0, 0.05) is 25.9 Å². The number of hydrogen-bond acceptors (Lipinski definition) is 10. The van der Waals surface area contributed by atoms with E-state index in [0.717, 1.165) is 56.0 Å². The highest BCUT2D eigenvalue weighted by molar-refractivity contribution is 6.09. The van der Waals surface area contributed by atoms with Gasteiger partial charge in [0.05, 0.1) is 121 Å². The second-order valence-electron chi connectivity index (χ2n) is 23.3. The zero-order valence-electron chi connectivity index (χ0n) is 47.4. The standard InChI is InChI=1S/C60H62F6N9O8.HI/c1-57(2,3)82-47(76)35-71-51(39-21-17-37(31-67)18-22-39)49-45(73(55(71)80)43-15-9-13-41(29-43)59(61,62)63)33-69(53(49)78)25-11-27-75(7,8)28-12-26-70-34-46-50(54(70)79)52(40-23-19-38(32-68)20-24-40)72(36-48(77)83-58(4,5)6)56(81)74(46)44-16-10-14-42(30-44)60(64,65)66;/h9-10,13-24,29-30,51-52H,11-12,25-28,33-36H2,1-8H3;1H/q+1;/p-1/t51-,52-;/m1./s1. The van der Waals surface area contributed by atoms with E-state index in [9.17, 15) is 65.6 Å². The van der Waals surface area contributed by atoms with Crippen molar-refractivity contribution < 1.29 is 93.0 Å². The lowest BCUT2D eigenvalue weighted by Crippen LogP contribution is -3.00. The fraction of sp³-hybridized carbons (Fsp3) is 0.400. The summed E-state index contributed by atoms with van der Waals surface area (Å²) in [6.45, 7) is 9.09. The number of esters is 2. The third kappa shape index (κ3) is 14.0. The molecule has 24 heteroatoms. The van der Waals surface area contributed by atoms with E-state index in [1.165, 1.54) is 46.2 Å². The first-order valence-electron chi connectivity index (χ1n) is 26.7. The number of carbonyl (C=O) groups excluding carboxylic acids is 6. The van der Waals surface area contributed by atoms with E-state index in [0.29, 0.717) is 41.5 Å². The van der Waals surface area contributed by atoms with Gasteiger partial charge in [-0.25, -0.2) is 9.59 Å². The van der Waals surface area contributed by atoms with Crippen LogP contribution in [0.2, 0.25) is 0 Å². The first-order valence-corrected chi connectivity index (χ1v) is 26.7. The van der Waals surface area contributed by atoms with Gasteiger partial charge in [0.2, 0.25) is 0 Å². The number of nitriles is 2. The van der Waals surface area contributed by atoms with Crippen molar-refractivity contribution in [3.05, 3.63) is 153 Å². The molecule has 0 unspecified atom stereocenters. The van der Waals surface area contributed by atoms with Crippen LogP contribution in [0, 0.1) is 22.7 Å². The Hall–Kier alpha value is -7.97. The molecule has 0 saturated carbocycles. The molecule has 0 fully saturated rings. The molecule has 6 amide bonds. The van der Waals surface area contributed by atoms with Crippen LogP contribution in [-0.4, -0.2) is 138 Å². The van der Waals surface area contributed by atoms with E-state index in [-0.39, 0.29) is 95.2 Å². The van der Waals surface area contributed by atoms with Crippen molar-refractivity contribution in [2.45, 2.75) is 90.0 Å². The van der Waals surface area contributed by atoms with Crippen LogP contribution in [0.3, 0.4) is 0 Å². The topological polar surface area (TPSA) is 188 Å². The molecule has 84 heavy (non-hydrogen) atoms. The van der Waals surface area contributed by atoms with Crippen molar-refractivity contribution in [3.63, 3.8) is 0 Å². The number of ether oxygens (including phenoxy) is 2. The van der Waals surface area contributed by atoms with Crippen molar-refractivity contribution in [3.8, 4) is 12.1 Å². The lowest BCUT2D eigenvalue weighted by molar-refractivity contribution is -0.890. The fourth-order valence-electron chi connectivity index (χ4n) is 10.8. The molecule has 0 saturated heterocycles. The van der Waals surface area contributed by atoms with Gasteiger partial charge in [-0.2, -0.15) is 36.9 Å². The summed E-state index contributed by atoms with van der Waals surface area (Å²) in [5.74, 6) is -2.76. The maximum absolute atomic E-state index is 14.9. The van der Waals surface area contributed by atoms with Gasteiger partial charge in [0.1, 0.15) is 24.3 Å². The van der Waals surface area contributed by atoms with Crippen LogP contribution in [-0.2, 0) is 41.0 Å². The van der Waals surface area contributed by atoms with Crippen molar-refractivity contribution in [2.24, 2.45) is 0 Å². The number of halogens is 7. The monoisotopic (exact) mass is 1280 g/mol. The summed E-state index contributed by atoms with van der Waals surface area (Å²) in [5.41, 5.74) is -2.92. The Bertz CT molecular complexity index is 3170. The van der Waals surface area contributed by atoms with E-state index >= 15 is 0 Å². The van der Waals surface area contributed by atoms with Crippen LogP contribution in [0.5, 0.6) is 0 Å². The number of benzene rings is 4. The summed E-state index contributed by atoms with van der Waals surface area (Å²) in [5, 5.41) is 19.2. The van der Waals surface area contributed by atoms with Gasteiger partial charge < -0.3 is 57.5 Å². The number of quaternary nitrogens is 1. The predicted molar refractivity (Wildman–Crippen MR) is 290 cm³/mol. The van der Waals surface area contributed by atoms with E-state index in [2.05, 4.69) is 0 Å². The minimum absolute atomic E-state index is 0. The van der Waals surface area contributed by atoms with Crippen LogP contribution in [0.1, 0.15) is 99.8 Å². The molecular weight excluding hydrogens is 1220 g/mol. The van der Waals surface area contributed by atoms with E-state index in [1.54, 1.807) is 65.8 Å². The molecule has 4 heterocycles. The Morgan fingerprint density at radius 3 is 1.23 bits per heavy atom. The van der Waals surface area contributed by atoms with E-state index in [4.69, 9.17) is 9.47 Å². The molecule has 0 N–H and O–H groups in total. The van der Waals surface area contributed by atoms with Gasteiger partial charge in [-0.05, 0) is 113 Å². The van der Waals surface area contributed by atoms with Crippen LogP contribution in [0.4, 0.5) is 47.3 Å². The van der Waals surface area contributed by atoms with E-state index in [1.807, 2.05) is 26.2 Å². The molecule has 17 nitrogen and oxygen atoms in total. The van der Waals surface area contributed by atoms with E-state index < -0.39 is 95.7 Å². The molecule has 0 bridgehead atoms. The van der Waals surface area contributed by atoms with Gasteiger partial charge in [0.25, 0.3) is 11.8 Å². The molecular formula is C60H62F6IN9O8. The quantitative estimate of drug-likeness (QED) is 0.0496.